The lowest BCUT2D eigenvalue weighted by Gasteiger charge is -2.29. The van der Waals surface area contributed by atoms with Gasteiger partial charge in [0.2, 0.25) is 0 Å². The first-order valence-electron chi connectivity index (χ1n) is 7.20. The highest BCUT2D eigenvalue weighted by atomic mass is 16.5. The molecule has 0 spiro atoms. The minimum atomic E-state index is -0.885. The Morgan fingerprint density at radius 1 is 1.55 bits per heavy atom. The van der Waals surface area contributed by atoms with E-state index in [2.05, 4.69) is 5.32 Å². The Hall–Kier alpha value is -1.55. The minimum absolute atomic E-state index is 0.135. The number of amides is 1. The number of rotatable bonds is 5. The summed E-state index contributed by atoms with van der Waals surface area (Å²) in [5.74, 6) is 0.854. The molecule has 0 aromatic heterocycles. The van der Waals surface area contributed by atoms with Gasteiger partial charge in [0.15, 0.2) is 0 Å². The Labute approximate surface area is 120 Å². The number of hydrogen-bond acceptors (Lipinski definition) is 3. The molecule has 0 fully saturated rings. The van der Waals surface area contributed by atoms with Gasteiger partial charge in [0.1, 0.15) is 5.75 Å². The van der Waals surface area contributed by atoms with E-state index >= 15 is 0 Å². The SMILES string of the molecule is CCC(C)C(C)(O)CNC(=O)c1ccc2c(c1)CCO2. The van der Waals surface area contributed by atoms with Crippen LogP contribution in [0.25, 0.3) is 0 Å². The van der Waals surface area contributed by atoms with Crippen molar-refractivity contribution in [3.63, 3.8) is 0 Å². The van der Waals surface area contributed by atoms with Gasteiger partial charge >= 0.3 is 0 Å². The van der Waals surface area contributed by atoms with Crippen LogP contribution in [0.3, 0.4) is 0 Å². The van der Waals surface area contributed by atoms with Crippen LogP contribution in [-0.4, -0.2) is 29.8 Å². The molecule has 1 amide bonds. The molecule has 0 bridgehead atoms. The minimum Gasteiger partial charge on any atom is -0.493 e. The van der Waals surface area contributed by atoms with Crippen LogP contribution in [-0.2, 0) is 6.42 Å². The van der Waals surface area contributed by atoms with Gasteiger partial charge in [-0.1, -0.05) is 20.3 Å². The van der Waals surface area contributed by atoms with Crippen molar-refractivity contribution in [3.8, 4) is 5.75 Å². The summed E-state index contributed by atoms with van der Waals surface area (Å²) in [5.41, 5.74) is 0.810. The van der Waals surface area contributed by atoms with E-state index in [0.29, 0.717) is 12.2 Å². The van der Waals surface area contributed by atoms with Gasteiger partial charge < -0.3 is 15.2 Å². The maximum atomic E-state index is 12.1. The molecule has 2 N–H and O–H groups in total. The summed E-state index contributed by atoms with van der Waals surface area (Å²) < 4.78 is 5.42. The maximum Gasteiger partial charge on any atom is 0.251 e. The predicted molar refractivity (Wildman–Crippen MR) is 78.1 cm³/mol. The lowest BCUT2D eigenvalue weighted by molar-refractivity contribution is 0.00592. The van der Waals surface area contributed by atoms with E-state index < -0.39 is 5.60 Å². The number of fused-ring (bicyclic) bond motifs is 1. The highest BCUT2D eigenvalue weighted by molar-refractivity contribution is 5.94. The van der Waals surface area contributed by atoms with Crippen molar-refractivity contribution in [1.29, 1.82) is 0 Å². The average Bonchev–Trinajstić information content (AvgIpc) is 2.91. The Morgan fingerprint density at radius 3 is 3.00 bits per heavy atom. The monoisotopic (exact) mass is 277 g/mol. The Morgan fingerprint density at radius 2 is 2.30 bits per heavy atom. The molecular formula is C16H23NO3. The maximum absolute atomic E-state index is 12.1. The molecule has 0 saturated heterocycles. The van der Waals surface area contributed by atoms with Crippen LogP contribution in [0.4, 0.5) is 0 Å². The van der Waals surface area contributed by atoms with E-state index in [1.54, 1.807) is 13.0 Å². The average molecular weight is 277 g/mol. The van der Waals surface area contributed by atoms with Gasteiger partial charge in [0.25, 0.3) is 5.91 Å². The second-order valence-electron chi connectivity index (χ2n) is 5.77. The normalized spacial score (nSPS) is 17.8. The van der Waals surface area contributed by atoms with E-state index in [-0.39, 0.29) is 18.4 Å². The zero-order valence-electron chi connectivity index (χ0n) is 12.4. The first-order valence-corrected chi connectivity index (χ1v) is 7.20. The third-order valence-electron chi connectivity index (χ3n) is 4.23. The first kappa shape index (κ1) is 14.9. The zero-order valence-corrected chi connectivity index (χ0v) is 12.4. The van der Waals surface area contributed by atoms with Crippen LogP contribution in [0.15, 0.2) is 18.2 Å². The first-order chi connectivity index (χ1) is 9.44. The van der Waals surface area contributed by atoms with E-state index in [9.17, 15) is 9.90 Å². The topological polar surface area (TPSA) is 58.6 Å². The van der Waals surface area contributed by atoms with Crippen LogP contribution in [0.5, 0.6) is 5.75 Å². The van der Waals surface area contributed by atoms with Gasteiger partial charge in [-0.05, 0) is 36.6 Å². The number of hydrogen-bond donors (Lipinski definition) is 2. The third kappa shape index (κ3) is 3.12. The third-order valence-corrected chi connectivity index (χ3v) is 4.23. The lowest BCUT2D eigenvalue weighted by atomic mass is 9.88. The van der Waals surface area contributed by atoms with Gasteiger partial charge in [0, 0.05) is 18.5 Å². The molecule has 2 unspecified atom stereocenters. The molecule has 1 aromatic carbocycles. The van der Waals surface area contributed by atoms with Gasteiger partial charge in [-0.25, -0.2) is 0 Å². The lowest BCUT2D eigenvalue weighted by Crippen LogP contribution is -2.45. The number of nitrogens with one attached hydrogen (secondary N) is 1. The van der Waals surface area contributed by atoms with Crippen LogP contribution in [0.1, 0.15) is 43.1 Å². The summed E-state index contributed by atoms with van der Waals surface area (Å²) in [5, 5.41) is 13.1. The highest BCUT2D eigenvalue weighted by Crippen LogP contribution is 2.26. The van der Waals surface area contributed by atoms with Crippen molar-refractivity contribution in [1.82, 2.24) is 5.32 Å². The number of benzene rings is 1. The number of carbonyl (C=O) groups excluding carboxylic acids is 1. The van der Waals surface area contributed by atoms with Crippen molar-refractivity contribution >= 4 is 5.91 Å². The molecule has 2 atom stereocenters. The Bertz CT molecular complexity index is 496. The summed E-state index contributed by atoms with van der Waals surface area (Å²) in [6.07, 6.45) is 1.72. The van der Waals surface area contributed by atoms with Crippen LogP contribution < -0.4 is 10.1 Å². The standard InChI is InChI=1S/C16H23NO3/c1-4-11(2)16(3,19)10-17-15(18)13-5-6-14-12(9-13)7-8-20-14/h5-6,9,11,19H,4,7-8,10H2,1-3H3,(H,17,18). The molecule has 1 aromatic rings. The van der Waals surface area contributed by atoms with Gasteiger partial charge in [-0.15, -0.1) is 0 Å². The van der Waals surface area contributed by atoms with Crippen LogP contribution in [0, 0.1) is 5.92 Å². The van der Waals surface area contributed by atoms with E-state index in [4.69, 9.17) is 4.74 Å². The molecule has 0 saturated carbocycles. The Balaban J connectivity index is 1.99. The van der Waals surface area contributed by atoms with Gasteiger partial charge in [-0.2, -0.15) is 0 Å². The molecule has 4 heteroatoms. The van der Waals surface area contributed by atoms with E-state index in [1.165, 1.54) is 0 Å². The van der Waals surface area contributed by atoms with E-state index in [1.807, 2.05) is 26.0 Å². The number of ether oxygens (including phenoxy) is 1. The van der Waals surface area contributed by atoms with Crippen molar-refractivity contribution < 1.29 is 14.6 Å². The summed E-state index contributed by atoms with van der Waals surface area (Å²) in [4.78, 5) is 12.1. The number of carbonyl (C=O) groups is 1. The van der Waals surface area contributed by atoms with Crippen molar-refractivity contribution in [2.45, 2.75) is 39.2 Å². The summed E-state index contributed by atoms with van der Waals surface area (Å²) in [7, 11) is 0. The van der Waals surface area contributed by atoms with Crippen molar-refractivity contribution in [3.05, 3.63) is 29.3 Å². The fraction of sp³-hybridized carbons (Fsp3) is 0.562. The van der Waals surface area contributed by atoms with E-state index in [0.717, 1.165) is 24.2 Å². The zero-order chi connectivity index (χ0) is 14.8. The second kappa shape index (κ2) is 5.83. The summed E-state index contributed by atoms with van der Waals surface area (Å²) in [6.45, 7) is 6.72. The largest absolute Gasteiger partial charge is 0.493 e. The molecule has 20 heavy (non-hydrogen) atoms. The molecule has 1 aliphatic heterocycles. The molecule has 2 rings (SSSR count). The molecular weight excluding hydrogens is 254 g/mol. The van der Waals surface area contributed by atoms with Gasteiger partial charge in [0.05, 0.1) is 12.2 Å². The molecule has 110 valence electrons. The molecule has 1 heterocycles. The quantitative estimate of drug-likeness (QED) is 0.867. The van der Waals surface area contributed by atoms with Gasteiger partial charge in [-0.3, -0.25) is 4.79 Å². The molecule has 1 aliphatic rings. The van der Waals surface area contributed by atoms with Crippen molar-refractivity contribution in [2.75, 3.05) is 13.2 Å². The summed E-state index contributed by atoms with van der Waals surface area (Å²) in [6, 6.07) is 5.47. The summed E-state index contributed by atoms with van der Waals surface area (Å²) >= 11 is 0. The molecule has 4 nitrogen and oxygen atoms in total. The molecule has 0 aliphatic carbocycles. The second-order valence-corrected chi connectivity index (χ2v) is 5.77. The Kier molecular flexibility index (Phi) is 4.33. The fourth-order valence-corrected chi connectivity index (χ4v) is 2.30. The highest BCUT2D eigenvalue weighted by Gasteiger charge is 2.27. The van der Waals surface area contributed by atoms with Crippen LogP contribution >= 0.6 is 0 Å². The molecule has 0 radical (unpaired) electrons. The fourth-order valence-electron chi connectivity index (χ4n) is 2.30. The smallest absolute Gasteiger partial charge is 0.251 e. The van der Waals surface area contributed by atoms with Crippen LogP contribution in [0.2, 0.25) is 0 Å². The van der Waals surface area contributed by atoms with Crippen molar-refractivity contribution in [2.24, 2.45) is 5.92 Å². The number of aliphatic hydroxyl groups is 1. The predicted octanol–water partition coefficient (Wildman–Crippen LogP) is 2.15.